The normalized spacial score (nSPS) is 29.2. The standard InChI is InChI=1S/C14H21N5O8P2/c1-7-17-12(15-2)11-13(18-7)19(6-16-11)9-3-10(27-29(23,24)25)14(4-8(9)14)5-26-28(20,21)22/h6,8-10H,3-5H2,1-2H3,(H,15,17,18)(H2,20,21,22)(H2,23,24,25)/t8-,9+,10+,14-/m1/s1. The third-order valence-corrected chi connectivity index (χ3v) is 6.63. The fourth-order valence-corrected chi connectivity index (χ4v) is 5.42. The largest absolute Gasteiger partial charge is 0.469 e. The Morgan fingerprint density at radius 3 is 2.62 bits per heavy atom. The predicted molar refractivity (Wildman–Crippen MR) is 98.7 cm³/mol. The molecular formula is C14H21N5O8P2. The van der Waals surface area contributed by atoms with Crippen LogP contribution in [0.5, 0.6) is 0 Å². The van der Waals surface area contributed by atoms with E-state index in [4.69, 9.17) is 14.3 Å². The molecular weight excluding hydrogens is 428 g/mol. The number of imidazole rings is 1. The van der Waals surface area contributed by atoms with Gasteiger partial charge in [0.1, 0.15) is 11.3 Å². The van der Waals surface area contributed by atoms with E-state index < -0.39 is 27.2 Å². The van der Waals surface area contributed by atoms with Crippen molar-refractivity contribution in [3.05, 3.63) is 12.2 Å². The molecule has 0 radical (unpaired) electrons. The van der Waals surface area contributed by atoms with Crippen LogP contribution in [0.3, 0.4) is 0 Å². The molecule has 2 aromatic heterocycles. The molecule has 0 saturated heterocycles. The Labute approximate surface area is 165 Å². The Morgan fingerprint density at radius 2 is 2.00 bits per heavy atom. The molecule has 2 aliphatic carbocycles. The lowest BCUT2D eigenvalue weighted by atomic mass is 10.0. The topological polar surface area (TPSA) is 189 Å². The minimum atomic E-state index is -4.81. The fraction of sp³-hybridized carbons (Fsp3) is 0.643. The van der Waals surface area contributed by atoms with Crippen LogP contribution in [0.25, 0.3) is 11.2 Å². The first kappa shape index (κ1) is 20.8. The maximum Gasteiger partial charge on any atom is 0.469 e. The number of rotatable bonds is 7. The Balaban J connectivity index is 1.70. The van der Waals surface area contributed by atoms with E-state index in [2.05, 4.69) is 24.8 Å². The lowest BCUT2D eigenvalue weighted by Crippen LogP contribution is -2.26. The van der Waals surface area contributed by atoms with E-state index in [1.807, 2.05) is 0 Å². The fourth-order valence-electron chi connectivity index (χ4n) is 4.38. The van der Waals surface area contributed by atoms with Gasteiger partial charge in [0, 0.05) is 18.5 Å². The molecule has 0 amide bonds. The Kier molecular flexibility index (Phi) is 4.88. The molecule has 4 rings (SSSR count). The number of aromatic nitrogens is 4. The summed E-state index contributed by atoms with van der Waals surface area (Å²) in [6.07, 6.45) is 1.29. The van der Waals surface area contributed by atoms with E-state index in [9.17, 15) is 18.9 Å². The van der Waals surface area contributed by atoms with E-state index in [1.54, 1.807) is 24.9 Å². The highest BCUT2D eigenvalue weighted by Gasteiger charge is 2.70. The van der Waals surface area contributed by atoms with Crippen molar-refractivity contribution < 1.29 is 37.8 Å². The molecule has 13 nitrogen and oxygen atoms in total. The molecule has 4 atom stereocenters. The smallest absolute Gasteiger partial charge is 0.371 e. The molecule has 2 fully saturated rings. The molecule has 0 bridgehead atoms. The van der Waals surface area contributed by atoms with Gasteiger partial charge in [-0.05, 0) is 25.7 Å². The van der Waals surface area contributed by atoms with Gasteiger partial charge >= 0.3 is 15.6 Å². The summed E-state index contributed by atoms with van der Waals surface area (Å²) in [7, 11) is -7.85. The van der Waals surface area contributed by atoms with Crippen molar-refractivity contribution in [1.29, 1.82) is 0 Å². The number of phosphoric ester groups is 2. The number of nitrogens with zero attached hydrogens (tertiary/aromatic N) is 4. The van der Waals surface area contributed by atoms with Crippen molar-refractivity contribution in [2.45, 2.75) is 31.9 Å². The van der Waals surface area contributed by atoms with Gasteiger partial charge in [-0.2, -0.15) is 0 Å². The van der Waals surface area contributed by atoms with Crippen molar-refractivity contribution in [1.82, 2.24) is 19.5 Å². The van der Waals surface area contributed by atoms with Crippen molar-refractivity contribution in [3.63, 3.8) is 0 Å². The molecule has 5 N–H and O–H groups in total. The molecule has 160 valence electrons. The molecule has 15 heteroatoms. The van der Waals surface area contributed by atoms with Gasteiger partial charge in [0.2, 0.25) is 0 Å². The number of phosphoric acid groups is 2. The quantitative estimate of drug-likeness (QED) is 0.373. The van der Waals surface area contributed by atoms with Crippen molar-refractivity contribution >= 4 is 32.6 Å². The number of fused-ring (bicyclic) bond motifs is 2. The minimum Gasteiger partial charge on any atom is -0.371 e. The zero-order valence-electron chi connectivity index (χ0n) is 15.5. The van der Waals surface area contributed by atoms with E-state index in [1.165, 1.54) is 0 Å². The Morgan fingerprint density at radius 1 is 1.28 bits per heavy atom. The highest BCUT2D eigenvalue weighted by Crippen LogP contribution is 2.71. The van der Waals surface area contributed by atoms with E-state index in [0.29, 0.717) is 29.2 Å². The van der Waals surface area contributed by atoms with Crippen LogP contribution in [0.4, 0.5) is 5.82 Å². The zero-order chi connectivity index (χ0) is 21.2. The molecule has 2 aromatic rings. The molecule has 0 spiro atoms. The Hall–Kier alpha value is -1.43. The van der Waals surface area contributed by atoms with Gasteiger partial charge in [0.15, 0.2) is 11.5 Å². The molecule has 29 heavy (non-hydrogen) atoms. The van der Waals surface area contributed by atoms with Crippen LogP contribution in [-0.4, -0.2) is 58.9 Å². The van der Waals surface area contributed by atoms with Gasteiger partial charge in [-0.1, -0.05) is 0 Å². The third-order valence-electron chi connectivity index (χ3n) is 5.63. The summed E-state index contributed by atoms with van der Waals surface area (Å²) in [5.41, 5.74) is 0.202. The summed E-state index contributed by atoms with van der Waals surface area (Å²) >= 11 is 0. The molecule has 0 aromatic carbocycles. The van der Waals surface area contributed by atoms with Crippen LogP contribution >= 0.6 is 15.6 Å². The first-order valence-electron chi connectivity index (χ1n) is 8.76. The monoisotopic (exact) mass is 449 g/mol. The summed E-state index contributed by atoms with van der Waals surface area (Å²) in [6, 6.07) is -0.282. The molecule has 2 aliphatic rings. The zero-order valence-corrected chi connectivity index (χ0v) is 17.3. The average Bonchev–Trinajstić information content (AvgIpc) is 3.07. The number of anilines is 1. The number of hydrogen-bond donors (Lipinski definition) is 5. The van der Waals surface area contributed by atoms with Gasteiger partial charge in [0.05, 0.1) is 19.0 Å². The summed E-state index contributed by atoms with van der Waals surface area (Å²) in [5, 5.41) is 2.96. The van der Waals surface area contributed by atoms with Gasteiger partial charge in [-0.15, -0.1) is 0 Å². The van der Waals surface area contributed by atoms with Crippen molar-refractivity contribution in [3.8, 4) is 0 Å². The van der Waals surface area contributed by atoms with Gasteiger partial charge < -0.3 is 29.5 Å². The second-order valence-electron chi connectivity index (χ2n) is 7.39. The van der Waals surface area contributed by atoms with Crippen molar-refractivity contribution in [2.75, 3.05) is 19.0 Å². The van der Waals surface area contributed by atoms with Gasteiger partial charge in [-0.25, -0.2) is 24.1 Å². The maximum atomic E-state index is 11.5. The first-order chi connectivity index (χ1) is 13.4. The van der Waals surface area contributed by atoms with E-state index >= 15 is 0 Å². The Bertz CT molecular complexity index is 1050. The summed E-state index contributed by atoms with van der Waals surface area (Å²) in [6.45, 7) is 1.37. The molecule has 2 saturated carbocycles. The second-order valence-corrected chi connectivity index (χ2v) is 9.82. The highest BCUT2D eigenvalue weighted by molar-refractivity contribution is 7.46. The van der Waals surface area contributed by atoms with Crippen molar-refractivity contribution in [2.24, 2.45) is 11.3 Å². The van der Waals surface area contributed by atoms with Crippen LogP contribution in [0.2, 0.25) is 0 Å². The minimum absolute atomic E-state index is 0.170. The van der Waals surface area contributed by atoms with E-state index in [0.717, 1.165) is 0 Å². The number of nitrogens with one attached hydrogen (secondary N) is 1. The first-order valence-corrected chi connectivity index (χ1v) is 11.8. The molecule has 0 aliphatic heterocycles. The number of aryl methyl sites for hydroxylation is 1. The van der Waals surface area contributed by atoms with Gasteiger partial charge in [0.25, 0.3) is 0 Å². The predicted octanol–water partition coefficient (Wildman–Crippen LogP) is 0.715. The second kappa shape index (κ2) is 6.79. The molecule has 2 heterocycles. The lowest BCUT2D eigenvalue weighted by Gasteiger charge is -2.24. The van der Waals surface area contributed by atoms with Crippen LogP contribution in [0.1, 0.15) is 24.7 Å². The summed E-state index contributed by atoms with van der Waals surface area (Å²) in [4.78, 5) is 49.8. The summed E-state index contributed by atoms with van der Waals surface area (Å²) in [5.74, 6) is 0.909. The average molecular weight is 449 g/mol. The van der Waals surface area contributed by atoms with Crippen LogP contribution in [0, 0.1) is 18.3 Å². The van der Waals surface area contributed by atoms with Gasteiger partial charge in [-0.3, -0.25) is 9.05 Å². The SMILES string of the molecule is CNc1nc(C)nc2c1ncn2[C@H]1C[C@H](OP(=O)(O)O)[C@@]2(COP(=O)(O)O)C[C@H]12. The number of hydrogen-bond acceptors (Lipinski definition) is 8. The maximum absolute atomic E-state index is 11.5. The lowest BCUT2D eigenvalue weighted by molar-refractivity contribution is 0.0499. The highest BCUT2D eigenvalue weighted by atomic mass is 31.2. The van der Waals surface area contributed by atoms with Crippen LogP contribution < -0.4 is 5.32 Å². The van der Waals surface area contributed by atoms with E-state index in [-0.39, 0.29) is 25.0 Å². The third kappa shape index (κ3) is 3.85. The van der Waals surface area contributed by atoms with Crippen LogP contribution in [0.15, 0.2) is 6.33 Å². The van der Waals surface area contributed by atoms with Crippen LogP contribution in [-0.2, 0) is 18.2 Å². The summed E-state index contributed by atoms with van der Waals surface area (Å²) < 4.78 is 34.1. The molecule has 0 unspecified atom stereocenters.